The number of aliphatic hydroxyl groups is 3. The van der Waals surface area contributed by atoms with Crippen LogP contribution >= 0.6 is 0 Å². The van der Waals surface area contributed by atoms with Crippen molar-refractivity contribution in [2.75, 3.05) is 0 Å². The molecular weight excluding hydrogens is 288 g/mol. The Kier molecular flexibility index (Phi) is 3.87. The van der Waals surface area contributed by atoms with Crippen LogP contribution in [0, 0.1) is 28.1 Å². The molecule has 130 valence electrons. The summed E-state index contributed by atoms with van der Waals surface area (Å²) in [5.41, 5.74) is 0.320. The zero-order valence-electron chi connectivity index (χ0n) is 14.9. The van der Waals surface area contributed by atoms with E-state index in [-0.39, 0.29) is 28.1 Å². The molecule has 0 aliphatic heterocycles. The first-order chi connectivity index (χ1) is 10.5. The third-order valence-electron chi connectivity index (χ3n) is 7.34. The summed E-state index contributed by atoms with van der Waals surface area (Å²) in [5, 5.41) is 32.7. The van der Waals surface area contributed by atoms with Gasteiger partial charge >= 0.3 is 0 Å². The summed E-state index contributed by atoms with van der Waals surface area (Å²) < 4.78 is 0. The molecule has 0 saturated heterocycles. The number of hydrogen-bond donors (Lipinski definition) is 3. The monoisotopic (exact) mass is 320 g/mol. The van der Waals surface area contributed by atoms with Gasteiger partial charge in [-0.1, -0.05) is 39.8 Å². The van der Waals surface area contributed by atoms with Gasteiger partial charge in [0, 0.05) is 16.7 Å². The topological polar surface area (TPSA) is 60.7 Å². The number of aliphatic hydroxyl groups excluding tert-OH is 3. The van der Waals surface area contributed by atoms with Gasteiger partial charge in [0.25, 0.3) is 0 Å². The van der Waals surface area contributed by atoms with Crippen LogP contribution < -0.4 is 0 Å². The zero-order valence-corrected chi connectivity index (χ0v) is 14.9. The van der Waals surface area contributed by atoms with Crippen molar-refractivity contribution in [2.45, 2.75) is 71.7 Å². The first-order valence-electron chi connectivity index (χ1n) is 8.95. The minimum atomic E-state index is -0.552. The second kappa shape index (κ2) is 5.18. The molecule has 2 saturated carbocycles. The summed E-state index contributed by atoms with van der Waals surface area (Å²) in [7, 11) is 0. The fourth-order valence-electron chi connectivity index (χ4n) is 5.96. The van der Waals surface area contributed by atoms with E-state index in [0.29, 0.717) is 12.8 Å². The third kappa shape index (κ3) is 2.35. The molecule has 3 aliphatic carbocycles. The summed E-state index contributed by atoms with van der Waals surface area (Å²) >= 11 is 0. The summed E-state index contributed by atoms with van der Waals surface area (Å²) in [6, 6.07) is 0. The molecule has 0 aromatic heterocycles. The maximum Gasteiger partial charge on any atom is 0.0757 e. The van der Waals surface area contributed by atoms with Crippen LogP contribution in [0.3, 0.4) is 0 Å². The Hall–Kier alpha value is -0.640. The fraction of sp³-hybridized carbons (Fsp3) is 0.800. The lowest BCUT2D eigenvalue weighted by Crippen LogP contribution is -2.62. The average molecular weight is 320 g/mol. The lowest BCUT2D eigenvalue weighted by Gasteiger charge is -2.63. The van der Waals surface area contributed by atoms with Crippen molar-refractivity contribution < 1.29 is 15.3 Å². The molecule has 0 heterocycles. The fourth-order valence-corrected chi connectivity index (χ4v) is 5.96. The van der Waals surface area contributed by atoms with Gasteiger partial charge in [-0.3, -0.25) is 0 Å². The van der Waals surface area contributed by atoms with Crippen LogP contribution in [-0.2, 0) is 0 Å². The van der Waals surface area contributed by atoms with Gasteiger partial charge in [-0.2, -0.15) is 0 Å². The highest BCUT2D eigenvalue weighted by molar-refractivity contribution is 5.32. The van der Waals surface area contributed by atoms with Gasteiger partial charge in [-0.05, 0) is 42.6 Å². The molecule has 0 spiro atoms. The van der Waals surface area contributed by atoms with E-state index in [0.717, 1.165) is 18.4 Å². The van der Waals surface area contributed by atoms with Crippen molar-refractivity contribution >= 4 is 0 Å². The van der Waals surface area contributed by atoms with E-state index in [9.17, 15) is 15.3 Å². The van der Waals surface area contributed by atoms with Gasteiger partial charge in [0.1, 0.15) is 0 Å². The first-order valence-corrected chi connectivity index (χ1v) is 8.95. The first kappa shape index (κ1) is 17.2. The van der Waals surface area contributed by atoms with E-state index < -0.39 is 18.3 Å². The molecule has 3 rings (SSSR count). The van der Waals surface area contributed by atoms with E-state index in [4.69, 9.17) is 0 Å². The molecule has 0 aromatic carbocycles. The quantitative estimate of drug-likeness (QED) is 0.651. The van der Waals surface area contributed by atoms with Gasteiger partial charge < -0.3 is 15.3 Å². The van der Waals surface area contributed by atoms with Gasteiger partial charge in [-0.25, -0.2) is 0 Å². The Morgan fingerprint density at radius 3 is 2.43 bits per heavy atom. The van der Waals surface area contributed by atoms with Gasteiger partial charge in [0.05, 0.1) is 18.3 Å². The average Bonchev–Trinajstić information content (AvgIpc) is 2.46. The predicted octanol–water partition coefficient (Wildman–Crippen LogP) is 3.05. The highest BCUT2D eigenvalue weighted by Crippen LogP contribution is 2.63. The van der Waals surface area contributed by atoms with Crippen LogP contribution in [0.15, 0.2) is 24.3 Å². The Bertz CT molecular complexity index is 537. The van der Waals surface area contributed by atoms with Crippen molar-refractivity contribution in [3.05, 3.63) is 24.3 Å². The van der Waals surface area contributed by atoms with Crippen LogP contribution in [0.5, 0.6) is 0 Å². The molecule has 0 radical (unpaired) electrons. The maximum atomic E-state index is 11.0. The molecule has 23 heavy (non-hydrogen) atoms. The SMILES string of the molecule is C=C[C@]1(C)C=C2[C@H](O)C[C@H]3C(C)(C)CC[C@H](O)[C@]3(C)[C@H]2[C@H](O)C1. The van der Waals surface area contributed by atoms with E-state index in [1.165, 1.54) is 0 Å². The predicted molar refractivity (Wildman–Crippen MR) is 91.7 cm³/mol. The van der Waals surface area contributed by atoms with Crippen molar-refractivity contribution in [1.29, 1.82) is 0 Å². The number of rotatable bonds is 1. The summed E-state index contributed by atoms with van der Waals surface area (Å²) in [5.74, 6) is 0.0393. The second-order valence-electron chi connectivity index (χ2n) is 9.32. The molecule has 7 atom stereocenters. The molecular formula is C20H32O3. The van der Waals surface area contributed by atoms with Crippen molar-refractivity contribution in [1.82, 2.24) is 0 Å². The zero-order chi connectivity index (χ0) is 17.2. The van der Waals surface area contributed by atoms with E-state index in [1.54, 1.807) is 0 Å². The number of hydrogen-bond acceptors (Lipinski definition) is 3. The minimum Gasteiger partial charge on any atom is -0.393 e. The molecule has 3 nitrogen and oxygen atoms in total. The second-order valence-corrected chi connectivity index (χ2v) is 9.32. The maximum absolute atomic E-state index is 11.0. The molecule has 0 aromatic rings. The standard InChI is InChI=1S/C20H32O3/c1-6-19(4)10-12-13(21)9-15-18(2,3)8-7-16(23)20(15,5)17(12)14(22)11-19/h6,10,13-17,21-23H,1,7-9,11H2,2-5H3/t13-,14-,15+,16+,17-,19-,20-/m1/s1. The molecule has 2 fully saturated rings. The molecule has 0 amide bonds. The molecule has 0 unspecified atom stereocenters. The third-order valence-corrected chi connectivity index (χ3v) is 7.34. The lowest BCUT2D eigenvalue weighted by molar-refractivity contribution is -0.178. The van der Waals surface area contributed by atoms with Crippen molar-refractivity contribution in [2.24, 2.45) is 28.1 Å². The summed E-state index contributed by atoms with van der Waals surface area (Å²) in [6.45, 7) is 12.6. The Labute approximate surface area is 140 Å². The van der Waals surface area contributed by atoms with Crippen LogP contribution in [0.4, 0.5) is 0 Å². The van der Waals surface area contributed by atoms with Gasteiger partial charge in [-0.15, -0.1) is 6.58 Å². The normalized spacial score (nSPS) is 52.1. The van der Waals surface area contributed by atoms with Crippen molar-refractivity contribution in [3.8, 4) is 0 Å². The van der Waals surface area contributed by atoms with Crippen molar-refractivity contribution in [3.63, 3.8) is 0 Å². The smallest absolute Gasteiger partial charge is 0.0757 e. The van der Waals surface area contributed by atoms with Crippen LogP contribution in [0.25, 0.3) is 0 Å². The minimum absolute atomic E-state index is 0.0688. The Balaban J connectivity index is 2.13. The van der Waals surface area contributed by atoms with E-state index >= 15 is 0 Å². The number of allylic oxidation sites excluding steroid dienone is 2. The summed E-state index contributed by atoms with van der Waals surface area (Å²) in [4.78, 5) is 0. The highest BCUT2D eigenvalue weighted by Gasteiger charge is 2.62. The van der Waals surface area contributed by atoms with Crippen LogP contribution in [0.2, 0.25) is 0 Å². The Morgan fingerprint density at radius 1 is 1.17 bits per heavy atom. The molecule has 3 N–H and O–H groups in total. The highest BCUT2D eigenvalue weighted by atomic mass is 16.3. The van der Waals surface area contributed by atoms with Crippen LogP contribution in [-0.4, -0.2) is 33.6 Å². The Morgan fingerprint density at radius 2 is 1.83 bits per heavy atom. The van der Waals surface area contributed by atoms with Crippen LogP contribution in [0.1, 0.15) is 53.4 Å². The molecule has 3 aliphatic rings. The lowest BCUT2D eigenvalue weighted by atomic mass is 9.43. The molecule has 3 heteroatoms. The van der Waals surface area contributed by atoms with E-state index in [2.05, 4.69) is 40.3 Å². The number of fused-ring (bicyclic) bond motifs is 3. The summed E-state index contributed by atoms with van der Waals surface area (Å²) in [6.07, 6.45) is 5.47. The molecule has 0 bridgehead atoms. The largest absolute Gasteiger partial charge is 0.393 e. The van der Waals surface area contributed by atoms with Gasteiger partial charge in [0.2, 0.25) is 0 Å². The van der Waals surface area contributed by atoms with Gasteiger partial charge in [0.15, 0.2) is 0 Å². The van der Waals surface area contributed by atoms with E-state index in [1.807, 2.05) is 6.08 Å².